The van der Waals surface area contributed by atoms with Crippen LogP contribution in [0.15, 0.2) is 84.0 Å². The minimum Gasteiger partial charge on any atom is -0.490 e. The SMILES string of the molecule is C=CCOc1cccc(C(=O)N2CCC(C(Cc3ccccc3)N(C)C(=O)c3ccoc3C)CC2)c1. The lowest BCUT2D eigenvalue weighted by molar-refractivity contribution is 0.0521. The van der Waals surface area contributed by atoms with Crippen molar-refractivity contribution in [3.05, 3.63) is 102 Å². The molecular weight excluding hydrogens is 452 g/mol. The molecule has 1 unspecified atom stereocenters. The van der Waals surface area contributed by atoms with E-state index in [1.807, 2.05) is 60.2 Å². The van der Waals surface area contributed by atoms with Gasteiger partial charge in [-0.1, -0.05) is 49.1 Å². The van der Waals surface area contributed by atoms with Gasteiger partial charge in [0.15, 0.2) is 0 Å². The number of likely N-dealkylation sites (tertiary alicyclic amines) is 1. The number of rotatable bonds is 9. The first-order valence-electron chi connectivity index (χ1n) is 12.5. The maximum Gasteiger partial charge on any atom is 0.257 e. The summed E-state index contributed by atoms with van der Waals surface area (Å²) >= 11 is 0. The topological polar surface area (TPSA) is 63.0 Å². The van der Waals surface area contributed by atoms with Gasteiger partial charge in [0.25, 0.3) is 11.8 Å². The highest BCUT2D eigenvalue weighted by atomic mass is 16.5. The van der Waals surface area contributed by atoms with E-state index in [-0.39, 0.29) is 23.8 Å². The Balaban J connectivity index is 1.46. The van der Waals surface area contributed by atoms with Crippen molar-refractivity contribution in [2.45, 2.75) is 32.2 Å². The van der Waals surface area contributed by atoms with Crippen molar-refractivity contribution in [2.24, 2.45) is 5.92 Å². The maximum atomic E-state index is 13.3. The number of likely N-dealkylation sites (N-methyl/N-ethyl adjacent to an activating group) is 1. The number of hydrogen-bond donors (Lipinski definition) is 0. The second-order valence-corrected chi connectivity index (χ2v) is 9.32. The molecule has 1 aliphatic heterocycles. The minimum absolute atomic E-state index is 0.00978. The van der Waals surface area contributed by atoms with Crippen LogP contribution in [0.3, 0.4) is 0 Å². The zero-order chi connectivity index (χ0) is 25.5. The van der Waals surface area contributed by atoms with Crippen LogP contribution in [0.5, 0.6) is 5.75 Å². The molecule has 3 aromatic rings. The van der Waals surface area contributed by atoms with Crippen LogP contribution in [0.4, 0.5) is 0 Å². The van der Waals surface area contributed by atoms with E-state index in [9.17, 15) is 9.59 Å². The van der Waals surface area contributed by atoms with E-state index >= 15 is 0 Å². The molecule has 1 fully saturated rings. The van der Waals surface area contributed by atoms with Crippen LogP contribution in [0.1, 0.15) is 44.9 Å². The highest BCUT2D eigenvalue weighted by molar-refractivity contribution is 5.95. The Labute approximate surface area is 213 Å². The molecule has 0 spiro atoms. The molecule has 1 atom stereocenters. The van der Waals surface area contributed by atoms with Crippen LogP contribution in [-0.4, -0.2) is 54.4 Å². The van der Waals surface area contributed by atoms with Crippen LogP contribution in [0, 0.1) is 12.8 Å². The molecule has 1 saturated heterocycles. The third-order valence-electron chi connectivity index (χ3n) is 7.01. The summed E-state index contributed by atoms with van der Waals surface area (Å²) in [5, 5.41) is 0. The standard InChI is InChI=1S/C30H34N2O4/c1-4-18-36-26-12-8-11-25(21-26)29(33)32-16-13-24(14-17-32)28(20-23-9-6-5-7-10-23)31(3)30(34)27-15-19-35-22(27)2/h4-12,15,19,21,24,28H,1,13-14,16-18,20H2,2-3H3. The van der Waals surface area contributed by atoms with E-state index in [2.05, 4.69) is 18.7 Å². The first-order valence-corrected chi connectivity index (χ1v) is 12.5. The molecule has 1 aromatic heterocycles. The molecule has 0 N–H and O–H groups in total. The van der Waals surface area contributed by atoms with Gasteiger partial charge in [-0.25, -0.2) is 0 Å². The average Bonchev–Trinajstić information content (AvgIpc) is 3.36. The third kappa shape index (κ3) is 5.88. The largest absolute Gasteiger partial charge is 0.490 e. The van der Waals surface area contributed by atoms with E-state index in [0.29, 0.717) is 42.3 Å². The number of piperidine rings is 1. The van der Waals surface area contributed by atoms with Gasteiger partial charge < -0.3 is 19.0 Å². The lowest BCUT2D eigenvalue weighted by Gasteiger charge is -2.40. The van der Waals surface area contributed by atoms with Crippen molar-refractivity contribution in [2.75, 3.05) is 26.7 Å². The fraction of sp³-hybridized carbons (Fsp3) is 0.333. The normalized spacial score (nSPS) is 14.8. The molecule has 36 heavy (non-hydrogen) atoms. The highest BCUT2D eigenvalue weighted by Crippen LogP contribution is 2.29. The van der Waals surface area contributed by atoms with Crippen LogP contribution >= 0.6 is 0 Å². The number of furan rings is 1. The zero-order valence-corrected chi connectivity index (χ0v) is 21.1. The Bertz CT molecular complexity index is 1180. The van der Waals surface area contributed by atoms with Gasteiger partial charge in [-0.05, 0) is 61.9 Å². The van der Waals surface area contributed by atoms with E-state index in [1.54, 1.807) is 24.5 Å². The molecule has 0 saturated carbocycles. The van der Waals surface area contributed by atoms with Crippen molar-refractivity contribution in [1.29, 1.82) is 0 Å². The second kappa shape index (κ2) is 11.8. The number of benzene rings is 2. The van der Waals surface area contributed by atoms with Crippen molar-refractivity contribution in [3.63, 3.8) is 0 Å². The molecule has 0 aliphatic carbocycles. The maximum absolute atomic E-state index is 13.3. The number of ether oxygens (including phenoxy) is 1. The molecular formula is C30H34N2O4. The van der Waals surface area contributed by atoms with Gasteiger partial charge in [0, 0.05) is 31.7 Å². The lowest BCUT2D eigenvalue weighted by Crippen LogP contribution is -2.48. The number of aryl methyl sites for hydroxylation is 1. The summed E-state index contributed by atoms with van der Waals surface area (Å²) in [5.74, 6) is 1.54. The predicted octanol–water partition coefficient (Wildman–Crippen LogP) is 5.39. The second-order valence-electron chi connectivity index (χ2n) is 9.32. The number of hydrogen-bond acceptors (Lipinski definition) is 4. The molecule has 6 nitrogen and oxygen atoms in total. The highest BCUT2D eigenvalue weighted by Gasteiger charge is 2.34. The molecule has 4 rings (SSSR count). The van der Waals surface area contributed by atoms with E-state index in [0.717, 1.165) is 19.3 Å². The third-order valence-corrected chi connectivity index (χ3v) is 7.01. The van der Waals surface area contributed by atoms with Crippen LogP contribution in [0.25, 0.3) is 0 Å². The van der Waals surface area contributed by atoms with Gasteiger partial charge in [-0.3, -0.25) is 9.59 Å². The Kier molecular flexibility index (Phi) is 8.26. The molecule has 6 heteroatoms. The Hall–Kier alpha value is -3.80. The summed E-state index contributed by atoms with van der Waals surface area (Å²) in [6.07, 6.45) is 5.67. The summed E-state index contributed by atoms with van der Waals surface area (Å²) in [6, 6.07) is 19.3. The molecule has 188 valence electrons. The van der Waals surface area contributed by atoms with Crippen LogP contribution < -0.4 is 4.74 Å². The number of carbonyl (C=O) groups excluding carboxylic acids is 2. The summed E-state index contributed by atoms with van der Waals surface area (Å²) in [7, 11) is 1.88. The van der Waals surface area contributed by atoms with Gasteiger partial charge >= 0.3 is 0 Å². The zero-order valence-electron chi connectivity index (χ0n) is 21.1. The van der Waals surface area contributed by atoms with E-state index < -0.39 is 0 Å². The van der Waals surface area contributed by atoms with Crippen molar-refractivity contribution in [1.82, 2.24) is 9.80 Å². The number of amides is 2. The van der Waals surface area contributed by atoms with Gasteiger partial charge in [0.05, 0.1) is 11.8 Å². The summed E-state index contributed by atoms with van der Waals surface area (Å²) < 4.78 is 11.0. The Morgan fingerprint density at radius 1 is 1.14 bits per heavy atom. The van der Waals surface area contributed by atoms with Crippen LogP contribution in [-0.2, 0) is 6.42 Å². The fourth-order valence-corrected chi connectivity index (χ4v) is 4.97. The summed E-state index contributed by atoms with van der Waals surface area (Å²) in [6.45, 7) is 7.18. The summed E-state index contributed by atoms with van der Waals surface area (Å²) in [5.41, 5.74) is 2.42. The van der Waals surface area contributed by atoms with Gasteiger partial charge in [-0.2, -0.15) is 0 Å². The average molecular weight is 487 g/mol. The fourth-order valence-electron chi connectivity index (χ4n) is 4.97. The smallest absolute Gasteiger partial charge is 0.257 e. The molecule has 2 aromatic carbocycles. The number of nitrogens with zero attached hydrogens (tertiary/aromatic N) is 2. The van der Waals surface area contributed by atoms with Crippen molar-refractivity contribution in [3.8, 4) is 5.75 Å². The molecule has 2 heterocycles. The molecule has 0 bridgehead atoms. The van der Waals surface area contributed by atoms with Gasteiger partial charge in [0.1, 0.15) is 18.1 Å². The molecule has 0 radical (unpaired) electrons. The van der Waals surface area contributed by atoms with E-state index in [4.69, 9.17) is 9.15 Å². The summed E-state index contributed by atoms with van der Waals surface area (Å²) in [4.78, 5) is 30.3. The monoisotopic (exact) mass is 486 g/mol. The minimum atomic E-state index is -0.0305. The van der Waals surface area contributed by atoms with Gasteiger partial charge in [0.2, 0.25) is 0 Å². The lowest BCUT2D eigenvalue weighted by atomic mass is 9.84. The quantitative estimate of drug-likeness (QED) is 0.381. The number of carbonyl (C=O) groups is 2. The first-order chi connectivity index (χ1) is 17.5. The molecule has 1 aliphatic rings. The first kappa shape index (κ1) is 25.3. The Morgan fingerprint density at radius 3 is 2.56 bits per heavy atom. The predicted molar refractivity (Wildman–Crippen MR) is 140 cm³/mol. The molecule has 2 amide bonds. The van der Waals surface area contributed by atoms with Gasteiger partial charge in [-0.15, -0.1) is 0 Å². The van der Waals surface area contributed by atoms with E-state index in [1.165, 1.54) is 5.56 Å². The van der Waals surface area contributed by atoms with Crippen molar-refractivity contribution < 1.29 is 18.7 Å². The Morgan fingerprint density at radius 2 is 1.89 bits per heavy atom. The van der Waals surface area contributed by atoms with Crippen molar-refractivity contribution >= 4 is 11.8 Å². The van der Waals surface area contributed by atoms with Crippen LogP contribution in [0.2, 0.25) is 0 Å².